The molecule has 0 aromatic heterocycles. The van der Waals surface area contributed by atoms with Crippen LogP contribution in [0.2, 0.25) is 5.02 Å². The van der Waals surface area contributed by atoms with E-state index < -0.39 is 0 Å². The maximum atomic E-state index is 6.16. The molecule has 0 heterocycles. The number of benzene rings is 2. The van der Waals surface area contributed by atoms with E-state index in [1.165, 1.54) is 10.9 Å². The van der Waals surface area contributed by atoms with Gasteiger partial charge in [-0.15, -0.1) is 0 Å². The van der Waals surface area contributed by atoms with Crippen LogP contribution in [0.5, 0.6) is 0 Å². The van der Waals surface area contributed by atoms with E-state index in [-0.39, 0.29) is 5.54 Å². The molecule has 2 aromatic rings. The molecule has 0 saturated heterocycles. The van der Waals surface area contributed by atoms with Gasteiger partial charge in [-0.25, -0.2) is 0 Å². The average Bonchev–Trinajstić information content (AvgIpc) is 2.98. The first-order chi connectivity index (χ1) is 7.19. The van der Waals surface area contributed by atoms with Gasteiger partial charge in [0.25, 0.3) is 0 Å². The number of halogens is 1. The number of hydrogen-bond donors (Lipinski definition) is 1. The van der Waals surface area contributed by atoms with Gasteiger partial charge in [0.2, 0.25) is 0 Å². The maximum absolute atomic E-state index is 6.16. The highest BCUT2D eigenvalue weighted by molar-refractivity contribution is 6.35. The molecule has 2 heteroatoms. The largest absolute Gasteiger partial charge is 0.321 e. The van der Waals surface area contributed by atoms with Gasteiger partial charge in [-0.05, 0) is 35.9 Å². The lowest BCUT2D eigenvalue weighted by Gasteiger charge is -2.10. The van der Waals surface area contributed by atoms with Crippen LogP contribution < -0.4 is 5.73 Å². The zero-order valence-corrected chi connectivity index (χ0v) is 9.09. The van der Waals surface area contributed by atoms with E-state index in [1.807, 2.05) is 12.1 Å². The minimum Gasteiger partial charge on any atom is -0.321 e. The number of rotatable bonds is 1. The fourth-order valence-corrected chi connectivity index (χ4v) is 2.22. The summed E-state index contributed by atoms with van der Waals surface area (Å²) in [5.41, 5.74) is 7.34. The van der Waals surface area contributed by atoms with Crippen molar-refractivity contribution in [1.82, 2.24) is 0 Å². The summed E-state index contributed by atoms with van der Waals surface area (Å²) in [5.74, 6) is 0. The highest BCUT2D eigenvalue weighted by Crippen LogP contribution is 2.43. The third-order valence-corrected chi connectivity index (χ3v) is 3.52. The lowest BCUT2D eigenvalue weighted by molar-refractivity contribution is 0.741. The Balaban J connectivity index is 2.23. The molecule has 0 radical (unpaired) electrons. The maximum Gasteiger partial charge on any atom is 0.0484 e. The SMILES string of the molecule is NC1(c2ccc3c(Cl)cccc3c2)CC1. The second kappa shape index (κ2) is 2.97. The van der Waals surface area contributed by atoms with Crippen molar-refractivity contribution in [3.63, 3.8) is 0 Å². The Labute approximate surface area is 93.8 Å². The van der Waals surface area contributed by atoms with Crippen LogP contribution in [0.4, 0.5) is 0 Å². The second-order valence-corrected chi connectivity index (χ2v) is 4.74. The first kappa shape index (κ1) is 9.20. The molecule has 0 bridgehead atoms. The van der Waals surface area contributed by atoms with Crippen molar-refractivity contribution < 1.29 is 0 Å². The quantitative estimate of drug-likeness (QED) is 0.778. The first-order valence-corrected chi connectivity index (χ1v) is 5.54. The fraction of sp³-hybridized carbons (Fsp3) is 0.231. The fourth-order valence-electron chi connectivity index (χ4n) is 1.98. The molecule has 0 atom stereocenters. The van der Waals surface area contributed by atoms with Crippen LogP contribution >= 0.6 is 11.6 Å². The van der Waals surface area contributed by atoms with Gasteiger partial charge in [0.05, 0.1) is 0 Å². The van der Waals surface area contributed by atoms with E-state index in [2.05, 4.69) is 24.3 Å². The highest BCUT2D eigenvalue weighted by Gasteiger charge is 2.39. The molecular formula is C13H12ClN. The normalized spacial score (nSPS) is 18.0. The van der Waals surface area contributed by atoms with Gasteiger partial charge in [-0.1, -0.05) is 35.9 Å². The molecule has 2 N–H and O–H groups in total. The minimum absolute atomic E-state index is 0.0590. The summed E-state index contributed by atoms with van der Waals surface area (Å²) in [6.45, 7) is 0. The zero-order valence-electron chi connectivity index (χ0n) is 8.33. The second-order valence-electron chi connectivity index (χ2n) is 4.33. The predicted molar refractivity (Wildman–Crippen MR) is 64.1 cm³/mol. The molecule has 0 unspecified atom stereocenters. The summed E-state index contributed by atoms with van der Waals surface area (Å²) in [4.78, 5) is 0. The van der Waals surface area contributed by atoms with Crippen LogP contribution in [0, 0.1) is 0 Å². The van der Waals surface area contributed by atoms with E-state index >= 15 is 0 Å². The Hall–Kier alpha value is -1.05. The van der Waals surface area contributed by atoms with Crippen molar-refractivity contribution in [3.05, 3.63) is 47.0 Å². The highest BCUT2D eigenvalue weighted by atomic mass is 35.5. The van der Waals surface area contributed by atoms with E-state index in [9.17, 15) is 0 Å². The van der Waals surface area contributed by atoms with E-state index in [4.69, 9.17) is 17.3 Å². The molecule has 0 amide bonds. The third-order valence-electron chi connectivity index (χ3n) is 3.19. The van der Waals surface area contributed by atoms with Crippen molar-refractivity contribution >= 4 is 22.4 Å². The van der Waals surface area contributed by atoms with Crippen LogP contribution in [0.25, 0.3) is 10.8 Å². The van der Waals surface area contributed by atoms with Gasteiger partial charge in [0.1, 0.15) is 0 Å². The van der Waals surface area contributed by atoms with Crippen molar-refractivity contribution in [2.45, 2.75) is 18.4 Å². The minimum atomic E-state index is -0.0590. The van der Waals surface area contributed by atoms with E-state index in [1.54, 1.807) is 0 Å². The molecule has 1 aliphatic rings. The summed E-state index contributed by atoms with van der Waals surface area (Å²) < 4.78 is 0. The summed E-state index contributed by atoms with van der Waals surface area (Å²) in [6.07, 6.45) is 2.19. The van der Waals surface area contributed by atoms with Gasteiger partial charge in [0, 0.05) is 15.9 Å². The Morgan fingerprint density at radius 2 is 1.93 bits per heavy atom. The molecular weight excluding hydrogens is 206 g/mol. The van der Waals surface area contributed by atoms with Crippen molar-refractivity contribution in [3.8, 4) is 0 Å². The Morgan fingerprint density at radius 1 is 1.13 bits per heavy atom. The molecule has 1 aliphatic carbocycles. The van der Waals surface area contributed by atoms with E-state index in [0.29, 0.717) is 0 Å². The van der Waals surface area contributed by atoms with Crippen molar-refractivity contribution in [2.75, 3.05) is 0 Å². The lowest BCUT2D eigenvalue weighted by Crippen LogP contribution is -2.18. The molecule has 0 aliphatic heterocycles. The van der Waals surface area contributed by atoms with Crippen molar-refractivity contribution in [2.24, 2.45) is 5.73 Å². The molecule has 1 saturated carbocycles. The number of fused-ring (bicyclic) bond motifs is 1. The lowest BCUT2D eigenvalue weighted by atomic mass is 10.0. The third kappa shape index (κ3) is 1.43. The Bertz CT molecular complexity index is 529. The number of nitrogens with two attached hydrogens (primary N) is 1. The first-order valence-electron chi connectivity index (χ1n) is 5.17. The van der Waals surface area contributed by atoms with Gasteiger partial charge in [0.15, 0.2) is 0 Å². The van der Waals surface area contributed by atoms with Gasteiger partial charge < -0.3 is 5.73 Å². The van der Waals surface area contributed by atoms with Crippen LogP contribution in [-0.4, -0.2) is 0 Å². The standard InChI is InChI=1S/C13H12ClN/c14-12-3-1-2-9-8-10(4-5-11(9)12)13(15)6-7-13/h1-5,8H,6-7,15H2. The van der Waals surface area contributed by atoms with Crippen LogP contribution in [0.15, 0.2) is 36.4 Å². The zero-order chi connectivity index (χ0) is 10.5. The van der Waals surface area contributed by atoms with Gasteiger partial charge >= 0.3 is 0 Å². The summed E-state index contributed by atoms with van der Waals surface area (Å²) in [6, 6.07) is 12.3. The molecule has 3 rings (SSSR count). The molecule has 76 valence electrons. The van der Waals surface area contributed by atoms with Gasteiger partial charge in [-0.2, -0.15) is 0 Å². The molecule has 1 nitrogen and oxygen atoms in total. The predicted octanol–water partition coefficient (Wildman–Crippen LogP) is 3.44. The molecule has 15 heavy (non-hydrogen) atoms. The van der Waals surface area contributed by atoms with Crippen LogP contribution in [-0.2, 0) is 5.54 Å². The summed E-state index contributed by atoms with van der Waals surface area (Å²) in [7, 11) is 0. The van der Waals surface area contributed by atoms with Crippen molar-refractivity contribution in [1.29, 1.82) is 0 Å². The molecule has 2 aromatic carbocycles. The van der Waals surface area contributed by atoms with Gasteiger partial charge in [-0.3, -0.25) is 0 Å². The molecule has 1 fully saturated rings. The summed E-state index contributed by atoms with van der Waals surface area (Å²) >= 11 is 6.11. The topological polar surface area (TPSA) is 26.0 Å². The molecule has 0 spiro atoms. The Kier molecular flexibility index (Phi) is 1.82. The Morgan fingerprint density at radius 3 is 2.67 bits per heavy atom. The van der Waals surface area contributed by atoms with E-state index in [0.717, 1.165) is 23.3 Å². The summed E-state index contributed by atoms with van der Waals surface area (Å²) in [5, 5.41) is 3.09. The number of hydrogen-bond acceptors (Lipinski definition) is 1. The monoisotopic (exact) mass is 217 g/mol. The van der Waals surface area contributed by atoms with Crippen LogP contribution in [0.3, 0.4) is 0 Å². The van der Waals surface area contributed by atoms with Crippen LogP contribution in [0.1, 0.15) is 18.4 Å². The average molecular weight is 218 g/mol. The smallest absolute Gasteiger partial charge is 0.0484 e.